The van der Waals surface area contributed by atoms with Crippen molar-refractivity contribution >= 4 is 11.7 Å². The highest BCUT2D eigenvalue weighted by atomic mass is 16.1. The number of nitrogens with one attached hydrogen (secondary N) is 2. The van der Waals surface area contributed by atoms with Crippen molar-refractivity contribution in [3.05, 3.63) is 36.5 Å². The van der Waals surface area contributed by atoms with Crippen LogP contribution in [0.2, 0.25) is 0 Å². The maximum atomic E-state index is 11.7. The first kappa shape index (κ1) is 14.2. The Morgan fingerprint density at radius 3 is 3.00 bits per heavy atom. The van der Waals surface area contributed by atoms with E-state index < -0.39 is 0 Å². The molecule has 18 heavy (non-hydrogen) atoms. The van der Waals surface area contributed by atoms with Gasteiger partial charge in [0.2, 0.25) is 0 Å². The van der Waals surface area contributed by atoms with Crippen LogP contribution in [0.25, 0.3) is 0 Å². The molecule has 0 aliphatic heterocycles. The molecule has 0 saturated carbocycles. The molecule has 1 aromatic heterocycles. The molecule has 1 amide bonds. The Bertz CT molecular complexity index is 402. The van der Waals surface area contributed by atoms with Crippen LogP contribution >= 0.6 is 0 Å². The molecule has 0 aromatic carbocycles. The Balaban J connectivity index is 2.55. The molecule has 1 rings (SSSR count). The predicted octanol–water partition coefficient (Wildman–Crippen LogP) is 2.46. The Hall–Kier alpha value is -1.84. The molecule has 0 atom stereocenters. The van der Waals surface area contributed by atoms with E-state index in [1.807, 2.05) is 0 Å². The number of rotatable bonds is 7. The van der Waals surface area contributed by atoms with E-state index in [1.165, 1.54) is 0 Å². The summed E-state index contributed by atoms with van der Waals surface area (Å²) in [6.45, 7) is 9.24. The number of amides is 1. The predicted molar refractivity (Wildman–Crippen MR) is 74.7 cm³/mol. The van der Waals surface area contributed by atoms with Crippen molar-refractivity contribution in [3.8, 4) is 0 Å². The molecule has 1 aromatic rings. The van der Waals surface area contributed by atoms with E-state index in [9.17, 15) is 4.79 Å². The molecule has 98 valence electrons. The summed E-state index contributed by atoms with van der Waals surface area (Å²) in [5.74, 6) is 1.28. The third-order valence-corrected chi connectivity index (χ3v) is 2.46. The highest BCUT2D eigenvalue weighted by molar-refractivity contribution is 5.94. The first-order chi connectivity index (χ1) is 8.63. The van der Waals surface area contributed by atoms with Gasteiger partial charge < -0.3 is 10.6 Å². The van der Waals surface area contributed by atoms with Crippen LogP contribution in [0.1, 0.15) is 30.6 Å². The SMILES string of the molecule is C=CCNC(=O)c1ccnc(NCCC(C)C)c1. The first-order valence-corrected chi connectivity index (χ1v) is 6.22. The highest BCUT2D eigenvalue weighted by Crippen LogP contribution is 2.08. The van der Waals surface area contributed by atoms with Crippen molar-refractivity contribution in [3.63, 3.8) is 0 Å². The second kappa shape index (κ2) is 7.48. The van der Waals surface area contributed by atoms with Gasteiger partial charge in [-0.3, -0.25) is 4.79 Å². The summed E-state index contributed by atoms with van der Waals surface area (Å²) in [5.41, 5.74) is 0.610. The lowest BCUT2D eigenvalue weighted by Crippen LogP contribution is -2.23. The third kappa shape index (κ3) is 4.99. The van der Waals surface area contributed by atoms with Gasteiger partial charge in [0, 0.05) is 24.8 Å². The number of carbonyl (C=O) groups is 1. The molecule has 4 heteroatoms. The molecule has 0 spiro atoms. The van der Waals surface area contributed by atoms with Gasteiger partial charge in [0.25, 0.3) is 5.91 Å². The molecule has 0 radical (unpaired) electrons. The largest absolute Gasteiger partial charge is 0.370 e. The Kier molecular flexibility index (Phi) is 5.91. The highest BCUT2D eigenvalue weighted by Gasteiger charge is 2.05. The molecule has 0 unspecified atom stereocenters. The number of hydrogen-bond donors (Lipinski definition) is 2. The molecule has 0 saturated heterocycles. The number of pyridine rings is 1. The van der Waals surface area contributed by atoms with Crippen molar-refractivity contribution < 1.29 is 4.79 Å². The first-order valence-electron chi connectivity index (χ1n) is 6.22. The van der Waals surface area contributed by atoms with Gasteiger partial charge in [0.1, 0.15) is 5.82 Å². The smallest absolute Gasteiger partial charge is 0.251 e. The lowest BCUT2D eigenvalue weighted by atomic mass is 10.1. The van der Waals surface area contributed by atoms with E-state index in [-0.39, 0.29) is 5.91 Å². The molecular formula is C14H21N3O. The molecule has 4 nitrogen and oxygen atoms in total. The van der Waals surface area contributed by atoms with Crippen molar-refractivity contribution in [1.29, 1.82) is 0 Å². The van der Waals surface area contributed by atoms with E-state index in [0.29, 0.717) is 18.0 Å². The van der Waals surface area contributed by atoms with Gasteiger partial charge in [-0.1, -0.05) is 19.9 Å². The second-order valence-electron chi connectivity index (χ2n) is 4.54. The second-order valence-corrected chi connectivity index (χ2v) is 4.54. The number of hydrogen-bond acceptors (Lipinski definition) is 3. The normalized spacial score (nSPS) is 10.2. The fourth-order valence-corrected chi connectivity index (χ4v) is 1.42. The van der Waals surface area contributed by atoms with Crippen LogP contribution in [-0.2, 0) is 0 Å². The van der Waals surface area contributed by atoms with Gasteiger partial charge in [0.05, 0.1) is 0 Å². The van der Waals surface area contributed by atoms with E-state index in [2.05, 4.69) is 36.0 Å². The summed E-state index contributed by atoms with van der Waals surface area (Å²) >= 11 is 0. The minimum atomic E-state index is -0.107. The fourth-order valence-electron chi connectivity index (χ4n) is 1.42. The zero-order valence-electron chi connectivity index (χ0n) is 11.1. The molecule has 0 bridgehead atoms. The van der Waals surface area contributed by atoms with Gasteiger partial charge in [-0.15, -0.1) is 6.58 Å². The number of aromatic nitrogens is 1. The maximum absolute atomic E-state index is 11.7. The topological polar surface area (TPSA) is 54.0 Å². The van der Waals surface area contributed by atoms with Crippen molar-refractivity contribution in [2.45, 2.75) is 20.3 Å². The summed E-state index contributed by atoms with van der Waals surface area (Å²) in [6.07, 6.45) is 4.37. The van der Waals surface area contributed by atoms with Crippen LogP contribution in [0.15, 0.2) is 31.0 Å². The molecule has 0 aliphatic carbocycles. The summed E-state index contributed by atoms with van der Waals surface area (Å²) in [6, 6.07) is 3.46. The molecule has 0 fully saturated rings. The number of anilines is 1. The van der Waals surface area contributed by atoms with Crippen molar-refractivity contribution in [2.24, 2.45) is 5.92 Å². The van der Waals surface area contributed by atoms with Crippen LogP contribution in [0.4, 0.5) is 5.82 Å². The lowest BCUT2D eigenvalue weighted by molar-refractivity contribution is 0.0958. The van der Waals surface area contributed by atoms with E-state index in [0.717, 1.165) is 18.8 Å². The van der Waals surface area contributed by atoms with Crippen molar-refractivity contribution in [1.82, 2.24) is 10.3 Å². The zero-order valence-corrected chi connectivity index (χ0v) is 11.1. The maximum Gasteiger partial charge on any atom is 0.251 e. The van der Waals surface area contributed by atoms with E-state index in [4.69, 9.17) is 0 Å². The van der Waals surface area contributed by atoms with Crippen LogP contribution in [0, 0.1) is 5.92 Å². The van der Waals surface area contributed by atoms with Gasteiger partial charge >= 0.3 is 0 Å². The monoisotopic (exact) mass is 247 g/mol. The summed E-state index contributed by atoms with van der Waals surface area (Å²) in [4.78, 5) is 15.9. The third-order valence-electron chi connectivity index (χ3n) is 2.46. The van der Waals surface area contributed by atoms with Crippen LogP contribution in [0.5, 0.6) is 0 Å². The molecule has 2 N–H and O–H groups in total. The number of carbonyl (C=O) groups excluding carboxylic acids is 1. The van der Waals surface area contributed by atoms with Gasteiger partial charge in [-0.05, 0) is 24.5 Å². The van der Waals surface area contributed by atoms with Crippen LogP contribution in [-0.4, -0.2) is 24.0 Å². The quantitative estimate of drug-likeness (QED) is 0.728. The summed E-state index contributed by atoms with van der Waals surface area (Å²) < 4.78 is 0. The standard InChI is InChI=1S/C14H21N3O/c1-4-7-17-14(18)12-6-9-16-13(10-12)15-8-5-11(2)3/h4,6,9-11H,1,5,7-8H2,2-3H3,(H,15,16)(H,17,18). The van der Waals surface area contributed by atoms with Gasteiger partial charge in [-0.2, -0.15) is 0 Å². The van der Waals surface area contributed by atoms with Crippen LogP contribution in [0.3, 0.4) is 0 Å². The minimum Gasteiger partial charge on any atom is -0.370 e. The average molecular weight is 247 g/mol. The summed E-state index contributed by atoms with van der Waals surface area (Å²) in [7, 11) is 0. The van der Waals surface area contributed by atoms with Crippen LogP contribution < -0.4 is 10.6 Å². The summed E-state index contributed by atoms with van der Waals surface area (Å²) in [5, 5.41) is 5.95. The molecule has 1 heterocycles. The Morgan fingerprint density at radius 1 is 1.56 bits per heavy atom. The van der Waals surface area contributed by atoms with E-state index in [1.54, 1.807) is 24.4 Å². The minimum absolute atomic E-state index is 0.107. The average Bonchev–Trinajstić information content (AvgIpc) is 2.36. The van der Waals surface area contributed by atoms with Crippen molar-refractivity contribution in [2.75, 3.05) is 18.4 Å². The number of nitrogens with zero attached hydrogens (tertiary/aromatic N) is 1. The Labute approximate surface area is 109 Å². The molecular weight excluding hydrogens is 226 g/mol. The zero-order chi connectivity index (χ0) is 13.4. The van der Waals surface area contributed by atoms with Gasteiger partial charge in [-0.25, -0.2) is 4.98 Å². The van der Waals surface area contributed by atoms with E-state index >= 15 is 0 Å². The lowest BCUT2D eigenvalue weighted by Gasteiger charge is -2.08. The Morgan fingerprint density at radius 2 is 2.33 bits per heavy atom. The molecule has 0 aliphatic rings. The fraction of sp³-hybridized carbons (Fsp3) is 0.429. The van der Waals surface area contributed by atoms with Gasteiger partial charge in [0.15, 0.2) is 0 Å².